The molecule has 2 aromatic carbocycles. The molecule has 0 bridgehead atoms. The van der Waals surface area contributed by atoms with E-state index in [0.29, 0.717) is 29.3 Å². The first kappa shape index (κ1) is 18.3. The molecule has 2 amide bonds. The van der Waals surface area contributed by atoms with Crippen molar-refractivity contribution in [3.63, 3.8) is 0 Å². The first-order chi connectivity index (χ1) is 12.0. The Kier molecular flexibility index (Phi) is 6.39. The normalized spacial score (nSPS) is 11.3. The number of rotatable bonds is 7. The van der Waals surface area contributed by atoms with E-state index < -0.39 is 6.10 Å². The second-order valence-electron chi connectivity index (χ2n) is 5.44. The third-order valence-electron chi connectivity index (χ3n) is 3.46. The summed E-state index contributed by atoms with van der Waals surface area (Å²) in [6.07, 6.45) is -0.102. The molecule has 0 saturated carbocycles. The number of carbonyl (C=O) groups is 2. The summed E-state index contributed by atoms with van der Waals surface area (Å²) in [5, 5.41) is 5.49. The Morgan fingerprint density at radius 3 is 2.16 bits per heavy atom. The SMILES string of the molecule is CC[C@H](Oc1cccc(OC)c1)C(=O)Nc1ccc(NC(C)=O)cc1. The maximum absolute atomic E-state index is 12.4. The van der Waals surface area contributed by atoms with Gasteiger partial charge in [-0.05, 0) is 42.8 Å². The second-order valence-corrected chi connectivity index (χ2v) is 5.44. The Morgan fingerprint density at radius 2 is 1.60 bits per heavy atom. The van der Waals surface area contributed by atoms with E-state index in [-0.39, 0.29) is 11.8 Å². The van der Waals surface area contributed by atoms with E-state index in [1.54, 1.807) is 49.6 Å². The Labute approximate surface area is 147 Å². The summed E-state index contributed by atoms with van der Waals surface area (Å²) in [7, 11) is 1.58. The Balaban J connectivity index is 2.00. The monoisotopic (exact) mass is 342 g/mol. The van der Waals surface area contributed by atoms with Gasteiger partial charge in [0.1, 0.15) is 11.5 Å². The van der Waals surface area contributed by atoms with Gasteiger partial charge in [0, 0.05) is 24.4 Å². The predicted octanol–water partition coefficient (Wildman–Crippen LogP) is 3.45. The Bertz CT molecular complexity index is 728. The molecule has 2 aromatic rings. The molecule has 0 radical (unpaired) electrons. The van der Waals surface area contributed by atoms with Gasteiger partial charge in [-0.15, -0.1) is 0 Å². The molecule has 132 valence electrons. The zero-order chi connectivity index (χ0) is 18.2. The minimum absolute atomic E-state index is 0.144. The van der Waals surface area contributed by atoms with Gasteiger partial charge in [0.25, 0.3) is 5.91 Å². The van der Waals surface area contributed by atoms with Crippen LogP contribution in [0.15, 0.2) is 48.5 Å². The highest BCUT2D eigenvalue weighted by Gasteiger charge is 2.18. The van der Waals surface area contributed by atoms with E-state index in [4.69, 9.17) is 9.47 Å². The van der Waals surface area contributed by atoms with Crippen molar-refractivity contribution in [1.29, 1.82) is 0 Å². The topological polar surface area (TPSA) is 76.7 Å². The van der Waals surface area contributed by atoms with E-state index >= 15 is 0 Å². The molecular formula is C19H22N2O4. The molecule has 6 heteroatoms. The first-order valence-corrected chi connectivity index (χ1v) is 8.01. The van der Waals surface area contributed by atoms with Crippen LogP contribution in [-0.2, 0) is 9.59 Å². The summed E-state index contributed by atoms with van der Waals surface area (Å²) in [4.78, 5) is 23.4. The van der Waals surface area contributed by atoms with Gasteiger partial charge < -0.3 is 20.1 Å². The molecule has 2 N–H and O–H groups in total. The van der Waals surface area contributed by atoms with Gasteiger partial charge in [0.05, 0.1) is 7.11 Å². The molecule has 0 unspecified atom stereocenters. The fourth-order valence-electron chi connectivity index (χ4n) is 2.22. The highest BCUT2D eigenvalue weighted by Crippen LogP contribution is 2.21. The number of hydrogen-bond donors (Lipinski definition) is 2. The largest absolute Gasteiger partial charge is 0.497 e. The smallest absolute Gasteiger partial charge is 0.265 e. The summed E-state index contributed by atoms with van der Waals surface area (Å²) in [5.74, 6) is 0.857. The van der Waals surface area contributed by atoms with Gasteiger partial charge in [-0.1, -0.05) is 13.0 Å². The third kappa shape index (κ3) is 5.53. The number of methoxy groups -OCH3 is 1. The number of benzene rings is 2. The molecule has 0 aliphatic carbocycles. The Morgan fingerprint density at radius 1 is 1.00 bits per heavy atom. The molecule has 0 aliphatic heterocycles. The zero-order valence-corrected chi connectivity index (χ0v) is 14.5. The van der Waals surface area contributed by atoms with E-state index in [1.807, 2.05) is 13.0 Å². The molecular weight excluding hydrogens is 320 g/mol. The van der Waals surface area contributed by atoms with Crippen molar-refractivity contribution in [2.45, 2.75) is 26.4 Å². The van der Waals surface area contributed by atoms with Crippen molar-refractivity contribution < 1.29 is 19.1 Å². The second kappa shape index (κ2) is 8.73. The molecule has 0 saturated heterocycles. The van der Waals surface area contributed by atoms with Gasteiger partial charge in [-0.2, -0.15) is 0 Å². The number of nitrogens with one attached hydrogen (secondary N) is 2. The molecule has 6 nitrogen and oxygen atoms in total. The molecule has 2 rings (SSSR count). The molecule has 0 aromatic heterocycles. The molecule has 0 spiro atoms. The van der Waals surface area contributed by atoms with E-state index in [9.17, 15) is 9.59 Å². The average molecular weight is 342 g/mol. The first-order valence-electron chi connectivity index (χ1n) is 8.01. The standard InChI is InChI=1S/C19H22N2O4/c1-4-18(25-17-7-5-6-16(12-17)24-3)19(23)21-15-10-8-14(9-11-15)20-13(2)22/h5-12,18H,4H2,1-3H3,(H,20,22)(H,21,23)/t18-/m0/s1. The average Bonchev–Trinajstić information content (AvgIpc) is 2.61. The number of ether oxygens (including phenoxy) is 2. The number of carbonyl (C=O) groups excluding carboxylic acids is 2. The predicted molar refractivity (Wildman–Crippen MR) is 97.1 cm³/mol. The highest BCUT2D eigenvalue weighted by atomic mass is 16.5. The van der Waals surface area contributed by atoms with Crippen LogP contribution in [0.1, 0.15) is 20.3 Å². The van der Waals surface area contributed by atoms with Crippen molar-refractivity contribution in [3.05, 3.63) is 48.5 Å². The van der Waals surface area contributed by atoms with E-state index in [2.05, 4.69) is 10.6 Å². The fraction of sp³-hybridized carbons (Fsp3) is 0.263. The van der Waals surface area contributed by atoms with Crippen LogP contribution >= 0.6 is 0 Å². The third-order valence-corrected chi connectivity index (χ3v) is 3.46. The van der Waals surface area contributed by atoms with Gasteiger partial charge in [-0.25, -0.2) is 0 Å². The van der Waals surface area contributed by atoms with Crippen molar-refractivity contribution in [2.75, 3.05) is 17.7 Å². The van der Waals surface area contributed by atoms with Crippen LogP contribution in [0.25, 0.3) is 0 Å². The number of amides is 2. The molecule has 1 atom stereocenters. The fourth-order valence-corrected chi connectivity index (χ4v) is 2.22. The molecule has 0 heterocycles. The van der Waals surface area contributed by atoms with Crippen molar-refractivity contribution >= 4 is 23.2 Å². The lowest BCUT2D eigenvalue weighted by atomic mass is 10.2. The van der Waals surface area contributed by atoms with Gasteiger partial charge in [0.15, 0.2) is 6.10 Å². The van der Waals surface area contributed by atoms with Crippen LogP contribution in [0.2, 0.25) is 0 Å². The maximum Gasteiger partial charge on any atom is 0.265 e. The molecule has 25 heavy (non-hydrogen) atoms. The summed E-state index contributed by atoms with van der Waals surface area (Å²) in [6, 6.07) is 14.0. The number of hydrogen-bond acceptors (Lipinski definition) is 4. The minimum Gasteiger partial charge on any atom is -0.497 e. The van der Waals surface area contributed by atoms with Crippen LogP contribution in [0.5, 0.6) is 11.5 Å². The summed E-state index contributed by atoms with van der Waals surface area (Å²) in [6.45, 7) is 3.32. The van der Waals surface area contributed by atoms with Crippen LogP contribution in [0.3, 0.4) is 0 Å². The van der Waals surface area contributed by atoms with Crippen LogP contribution in [-0.4, -0.2) is 25.0 Å². The van der Waals surface area contributed by atoms with Crippen molar-refractivity contribution in [3.8, 4) is 11.5 Å². The lowest BCUT2D eigenvalue weighted by molar-refractivity contribution is -0.122. The summed E-state index contributed by atoms with van der Waals surface area (Å²) >= 11 is 0. The summed E-state index contributed by atoms with van der Waals surface area (Å²) < 4.78 is 10.9. The van der Waals surface area contributed by atoms with E-state index in [1.165, 1.54) is 6.92 Å². The maximum atomic E-state index is 12.4. The van der Waals surface area contributed by atoms with E-state index in [0.717, 1.165) is 0 Å². The van der Waals surface area contributed by atoms with Crippen LogP contribution in [0, 0.1) is 0 Å². The quantitative estimate of drug-likeness (QED) is 0.808. The lowest BCUT2D eigenvalue weighted by Gasteiger charge is -2.18. The number of anilines is 2. The minimum atomic E-state index is -0.623. The Hall–Kier alpha value is -3.02. The van der Waals surface area contributed by atoms with Gasteiger partial charge >= 0.3 is 0 Å². The molecule has 0 aliphatic rings. The molecule has 0 fully saturated rings. The van der Waals surface area contributed by atoms with Crippen molar-refractivity contribution in [2.24, 2.45) is 0 Å². The van der Waals surface area contributed by atoms with Gasteiger partial charge in [-0.3, -0.25) is 9.59 Å². The highest BCUT2D eigenvalue weighted by molar-refractivity contribution is 5.95. The lowest BCUT2D eigenvalue weighted by Crippen LogP contribution is -2.32. The van der Waals surface area contributed by atoms with Crippen LogP contribution in [0.4, 0.5) is 11.4 Å². The zero-order valence-electron chi connectivity index (χ0n) is 14.5. The van der Waals surface area contributed by atoms with Crippen molar-refractivity contribution in [1.82, 2.24) is 0 Å². The van der Waals surface area contributed by atoms with Crippen LogP contribution < -0.4 is 20.1 Å². The summed E-state index contributed by atoms with van der Waals surface area (Å²) in [5.41, 5.74) is 1.30. The van der Waals surface area contributed by atoms with Gasteiger partial charge in [0.2, 0.25) is 5.91 Å².